The first-order valence-corrected chi connectivity index (χ1v) is 5.91. The summed E-state index contributed by atoms with van der Waals surface area (Å²) < 4.78 is 0.399. The van der Waals surface area contributed by atoms with Crippen LogP contribution in [0.3, 0.4) is 0 Å². The van der Waals surface area contributed by atoms with Gasteiger partial charge in [-0.25, -0.2) is 4.79 Å². The molecule has 1 aromatic rings. The van der Waals surface area contributed by atoms with E-state index in [1.54, 1.807) is 0 Å². The molecule has 2 amide bonds. The molecule has 0 radical (unpaired) electrons. The van der Waals surface area contributed by atoms with Gasteiger partial charge >= 0.3 is 5.97 Å². The second-order valence-corrected chi connectivity index (χ2v) is 4.56. The average molecular weight is 331 g/mol. The summed E-state index contributed by atoms with van der Waals surface area (Å²) in [5.74, 6) is -3.09. The van der Waals surface area contributed by atoms with Gasteiger partial charge in [0.1, 0.15) is 11.8 Å². The smallest absolute Gasteiger partial charge is 0.326 e. The number of aromatic hydroxyl groups is 1. The molecule has 5 N–H and O–H groups in total. The van der Waals surface area contributed by atoms with E-state index in [1.807, 2.05) is 0 Å². The number of rotatable bonds is 5. The van der Waals surface area contributed by atoms with Crippen molar-refractivity contribution >= 4 is 33.7 Å². The van der Waals surface area contributed by atoms with E-state index in [-0.39, 0.29) is 11.3 Å². The van der Waals surface area contributed by atoms with Crippen LogP contribution in [0.4, 0.5) is 0 Å². The number of hydrogen-bond acceptors (Lipinski definition) is 4. The van der Waals surface area contributed by atoms with Crippen LogP contribution >= 0.6 is 15.9 Å². The molecule has 8 heteroatoms. The summed E-state index contributed by atoms with van der Waals surface area (Å²) in [5, 5.41) is 20.4. The Hall–Kier alpha value is -2.09. The zero-order valence-electron chi connectivity index (χ0n) is 9.59. The first-order chi connectivity index (χ1) is 8.81. The standard InChI is InChI=1S/C11H11BrN2O5/c12-6-2-1-5(3-8(6)15)10(17)14-7(11(18)19)4-9(13)16/h1-3,7,15H,4H2,(H2,13,16)(H,14,17)(H,18,19). The number of amides is 2. The Balaban J connectivity index is 2.84. The SMILES string of the molecule is NC(=O)CC(NC(=O)c1ccc(Br)c(O)c1)C(=O)O. The number of phenolic OH excluding ortho intramolecular Hbond substituents is 1. The number of carbonyl (C=O) groups is 3. The molecule has 0 heterocycles. The minimum atomic E-state index is -1.41. The van der Waals surface area contributed by atoms with Crippen LogP contribution in [-0.4, -0.2) is 34.0 Å². The normalized spacial score (nSPS) is 11.6. The third kappa shape index (κ3) is 4.25. The Bertz CT molecular complexity index is 532. The molecule has 19 heavy (non-hydrogen) atoms. The van der Waals surface area contributed by atoms with Gasteiger partial charge in [-0.15, -0.1) is 0 Å². The summed E-state index contributed by atoms with van der Waals surface area (Å²) in [6.07, 6.45) is -0.510. The predicted octanol–water partition coefficient (Wildman–Crippen LogP) is 0.213. The van der Waals surface area contributed by atoms with Crippen LogP contribution in [0.1, 0.15) is 16.8 Å². The van der Waals surface area contributed by atoms with Crippen LogP contribution < -0.4 is 11.1 Å². The van der Waals surface area contributed by atoms with Crippen LogP contribution in [-0.2, 0) is 9.59 Å². The molecule has 7 nitrogen and oxygen atoms in total. The molecule has 1 unspecified atom stereocenters. The number of phenols is 1. The summed E-state index contributed by atoms with van der Waals surface area (Å²) in [4.78, 5) is 33.3. The van der Waals surface area contributed by atoms with E-state index in [9.17, 15) is 19.5 Å². The fourth-order valence-electron chi connectivity index (χ4n) is 1.30. The number of carbonyl (C=O) groups excluding carboxylic acids is 2. The van der Waals surface area contributed by atoms with Crippen LogP contribution in [0.5, 0.6) is 5.75 Å². The largest absolute Gasteiger partial charge is 0.507 e. The average Bonchev–Trinajstić information content (AvgIpc) is 2.31. The number of nitrogens with one attached hydrogen (secondary N) is 1. The topological polar surface area (TPSA) is 130 Å². The van der Waals surface area contributed by atoms with Gasteiger partial charge in [0.2, 0.25) is 5.91 Å². The second kappa shape index (κ2) is 6.19. The van der Waals surface area contributed by atoms with E-state index >= 15 is 0 Å². The number of carboxylic acid groups (broad SMARTS) is 1. The minimum absolute atomic E-state index is 0.0661. The maximum absolute atomic E-state index is 11.8. The maximum Gasteiger partial charge on any atom is 0.326 e. The molecule has 1 atom stereocenters. The molecule has 0 aromatic heterocycles. The summed E-state index contributed by atoms with van der Waals surface area (Å²) in [6, 6.07) is 2.59. The number of nitrogens with two attached hydrogens (primary N) is 1. The van der Waals surface area contributed by atoms with E-state index < -0.39 is 30.2 Å². The molecule has 0 aliphatic heterocycles. The second-order valence-electron chi connectivity index (χ2n) is 3.70. The fourth-order valence-corrected chi connectivity index (χ4v) is 1.54. The van der Waals surface area contributed by atoms with Crippen LogP contribution in [0.25, 0.3) is 0 Å². The molecular formula is C11H11BrN2O5. The zero-order valence-corrected chi connectivity index (χ0v) is 11.2. The van der Waals surface area contributed by atoms with E-state index in [2.05, 4.69) is 21.2 Å². The lowest BCUT2D eigenvalue weighted by atomic mass is 10.1. The lowest BCUT2D eigenvalue weighted by Gasteiger charge is -2.13. The molecule has 0 saturated heterocycles. The molecule has 0 aliphatic carbocycles. The predicted molar refractivity (Wildman–Crippen MR) is 68.5 cm³/mol. The number of primary amides is 1. The molecule has 102 valence electrons. The van der Waals surface area contributed by atoms with Crippen molar-refractivity contribution in [2.75, 3.05) is 0 Å². The molecule has 0 aliphatic rings. The zero-order chi connectivity index (χ0) is 14.6. The van der Waals surface area contributed by atoms with Gasteiger partial charge in [0.05, 0.1) is 10.9 Å². The molecule has 0 fully saturated rings. The highest BCUT2D eigenvalue weighted by Crippen LogP contribution is 2.24. The summed E-state index contributed by atoms with van der Waals surface area (Å²) >= 11 is 3.05. The van der Waals surface area contributed by atoms with Gasteiger partial charge in [-0.2, -0.15) is 0 Å². The van der Waals surface area contributed by atoms with Gasteiger partial charge in [-0.3, -0.25) is 9.59 Å². The van der Waals surface area contributed by atoms with Crippen LogP contribution in [0.15, 0.2) is 22.7 Å². The van der Waals surface area contributed by atoms with Crippen molar-refractivity contribution in [3.05, 3.63) is 28.2 Å². The maximum atomic E-state index is 11.8. The van der Waals surface area contributed by atoms with Crippen molar-refractivity contribution in [2.24, 2.45) is 5.73 Å². The summed E-state index contributed by atoms with van der Waals surface area (Å²) in [7, 11) is 0. The Morgan fingerprint density at radius 1 is 1.37 bits per heavy atom. The van der Waals surface area contributed by atoms with E-state index in [0.29, 0.717) is 4.47 Å². The number of benzene rings is 1. The minimum Gasteiger partial charge on any atom is -0.507 e. The van der Waals surface area contributed by atoms with Crippen LogP contribution in [0, 0.1) is 0 Å². The van der Waals surface area contributed by atoms with Crippen molar-refractivity contribution in [3.63, 3.8) is 0 Å². The van der Waals surface area contributed by atoms with Gasteiger partial charge in [-0.1, -0.05) is 0 Å². The molecule has 1 aromatic carbocycles. The van der Waals surface area contributed by atoms with Gasteiger partial charge < -0.3 is 21.3 Å². The quantitative estimate of drug-likeness (QED) is 0.613. The van der Waals surface area contributed by atoms with Gasteiger partial charge in [-0.05, 0) is 34.1 Å². The monoisotopic (exact) mass is 330 g/mol. The van der Waals surface area contributed by atoms with E-state index in [0.717, 1.165) is 0 Å². The highest BCUT2D eigenvalue weighted by Gasteiger charge is 2.22. The van der Waals surface area contributed by atoms with Crippen molar-refractivity contribution in [1.29, 1.82) is 0 Å². The number of hydrogen-bond donors (Lipinski definition) is 4. The highest BCUT2D eigenvalue weighted by molar-refractivity contribution is 9.10. The van der Waals surface area contributed by atoms with E-state index in [4.69, 9.17) is 10.8 Å². The first kappa shape index (κ1) is 15.0. The summed E-state index contributed by atoms with van der Waals surface area (Å²) in [6.45, 7) is 0. The number of halogens is 1. The first-order valence-electron chi connectivity index (χ1n) is 5.11. The molecular weight excluding hydrogens is 320 g/mol. The lowest BCUT2D eigenvalue weighted by Crippen LogP contribution is -2.43. The fraction of sp³-hybridized carbons (Fsp3) is 0.182. The van der Waals surface area contributed by atoms with Crippen molar-refractivity contribution in [2.45, 2.75) is 12.5 Å². The lowest BCUT2D eigenvalue weighted by molar-refractivity contribution is -0.140. The Labute approximate surface area is 116 Å². The van der Waals surface area contributed by atoms with Crippen molar-refractivity contribution < 1.29 is 24.6 Å². The third-order valence-corrected chi connectivity index (χ3v) is 2.89. The van der Waals surface area contributed by atoms with Gasteiger partial charge in [0.25, 0.3) is 5.91 Å². The number of carboxylic acids is 1. The third-order valence-electron chi connectivity index (χ3n) is 2.22. The Kier molecular flexibility index (Phi) is 4.87. The van der Waals surface area contributed by atoms with Crippen LogP contribution in [0.2, 0.25) is 0 Å². The number of aliphatic carboxylic acids is 1. The molecule has 0 saturated carbocycles. The molecule has 0 spiro atoms. The van der Waals surface area contributed by atoms with Crippen molar-refractivity contribution in [1.82, 2.24) is 5.32 Å². The summed E-state index contributed by atoms with van der Waals surface area (Å²) in [5.41, 5.74) is 4.96. The molecule has 0 bridgehead atoms. The Morgan fingerprint density at radius 2 is 2.00 bits per heavy atom. The Morgan fingerprint density at radius 3 is 2.47 bits per heavy atom. The highest BCUT2D eigenvalue weighted by atomic mass is 79.9. The van der Waals surface area contributed by atoms with Gasteiger partial charge in [0.15, 0.2) is 0 Å². The van der Waals surface area contributed by atoms with Gasteiger partial charge in [0, 0.05) is 5.56 Å². The van der Waals surface area contributed by atoms with E-state index in [1.165, 1.54) is 18.2 Å². The molecule has 1 rings (SSSR count). The van der Waals surface area contributed by atoms with Crippen molar-refractivity contribution in [3.8, 4) is 5.75 Å².